The van der Waals surface area contributed by atoms with Crippen LogP contribution in [0.1, 0.15) is 13.3 Å². The number of carbonyl (C=O) groups is 2. The predicted molar refractivity (Wildman–Crippen MR) is 74.2 cm³/mol. The van der Waals surface area contributed by atoms with E-state index in [0.29, 0.717) is 12.2 Å². The van der Waals surface area contributed by atoms with Gasteiger partial charge in [-0.25, -0.2) is 4.98 Å². The second kappa shape index (κ2) is 5.36. The molecule has 1 N–H and O–H groups in total. The maximum absolute atomic E-state index is 11.8. The molecule has 1 unspecified atom stereocenters. The fourth-order valence-electron chi connectivity index (χ4n) is 1.91. The van der Waals surface area contributed by atoms with Crippen molar-refractivity contribution in [2.24, 2.45) is 0 Å². The molecule has 18 heavy (non-hydrogen) atoms. The van der Waals surface area contributed by atoms with Crippen molar-refractivity contribution >= 4 is 49.5 Å². The van der Waals surface area contributed by atoms with Crippen LogP contribution in [0.3, 0.4) is 0 Å². The fourth-order valence-corrected chi connectivity index (χ4v) is 3.13. The molecule has 0 bridgehead atoms. The Kier molecular flexibility index (Phi) is 4.01. The number of hydrogen-bond donors (Lipinski definition) is 1. The predicted octanol–water partition coefficient (Wildman–Crippen LogP) is 1.85. The SMILES string of the molecule is CCC1C(=O)NC(=O)CN1c1ncc(Br)cc1Br. The van der Waals surface area contributed by atoms with Gasteiger partial charge in [0.25, 0.3) is 0 Å². The molecule has 1 aliphatic heterocycles. The Morgan fingerprint density at radius 2 is 2.22 bits per heavy atom. The molecule has 0 aromatic carbocycles. The summed E-state index contributed by atoms with van der Waals surface area (Å²) in [5, 5.41) is 2.34. The molecule has 1 atom stereocenters. The summed E-state index contributed by atoms with van der Waals surface area (Å²) >= 11 is 6.72. The molecule has 0 spiro atoms. The number of pyridine rings is 1. The van der Waals surface area contributed by atoms with E-state index >= 15 is 0 Å². The molecular weight excluding hydrogens is 366 g/mol. The van der Waals surface area contributed by atoms with Gasteiger partial charge in [-0.15, -0.1) is 0 Å². The summed E-state index contributed by atoms with van der Waals surface area (Å²) in [7, 11) is 0. The second-order valence-corrected chi connectivity index (χ2v) is 5.69. The van der Waals surface area contributed by atoms with Crippen LogP contribution < -0.4 is 10.2 Å². The number of aromatic nitrogens is 1. The third-order valence-electron chi connectivity index (χ3n) is 2.70. The minimum atomic E-state index is -0.368. The van der Waals surface area contributed by atoms with Crippen LogP contribution in [0.15, 0.2) is 21.2 Å². The smallest absolute Gasteiger partial charge is 0.249 e. The molecule has 2 amide bonds. The van der Waals surface area contributed by atoms with E-state index in [9.17, 15) is 9.59 Å². The Balaban J connectivity index is 2.39. The number of piperazine rings is 1. The maximum Gasteiger partial charge on any atom is 0.249 e. The second-order valence-electron chi connectivity index (χ2n) is 3.92. The lowest BCUT2D eigenvalue weighted by molar-refractivity contribution is -0.132. The van der Waals surface area contributed by atoms with E-state index in [2.05, 4.69) is 42.2 Å². The molecule has 0 radical (unpaired) electrons. The van der Waals surface area contributed by atoms with Crippen molar-refractivity contribution in [3.05, 3.63) is 21.2 Å². The van der Waals surface area contributed by atoms with Gasteiger partial charge in [-0.1, -0.05) is 6.92 Å². The van der Waals surface area contributed by atoms with E-state index < -0.39 is 0 Å². The van der Waals surface area contributed by atoms with E-state index in [1.54, 1.807) is 11.1 Å². The standard InChI is InChI=1S/C11H11Br2N3O2/c1-2-8-11(18)15-9(17)5-16(8)10-7(13)3-6(12)4-14-10/h3-4,8H,2,5H2,1H3,(H,15,17,18). The van der Waals surface area contributed by atoms with Gasteiger partial charge in [0.15, 0.2) is 0 Å². The molecule has 2 rings (SSSR count). The Morgan fingerprint density at radius 1 is 1.50 bits per heavy atom. The fraction of sp³-hybridized carbons (Fsp3) is 0.364. The van der Waals surface area contributed by atoms with E-state index in [1.807, 2.05) is 13.0 Å². The highest BCUT2D eigenvalue weighted by molar-refractivity contribution is 9.11. The third-order valence-corrected chi connectivity index (χ3v) is 3.72. The molecule has 2 heterocycles. The minimum absolute atomic E-state index is 0.136. The zero-order valence-corrected chi connectivity index (χ0v) is 12.8. The van der Waals surface area contributed by atoms with Gasteiger partial charge >= 0.3 is 0 Å². The van der Waals surface area contributed by atoms with Crippen molar-refractivity contribution < 1.29 is 9.59 Å². The summed E-state index contributed by atoms with van der Waals surface area (Å²) < 4.78 is 1.58. The van der Waals surface area contributed by atoms with E-state index in [1.165, 1.54) is 0 Å². The number of hydrogen-bond acceptors (Lipinski definition) is 4. The van der Waals surface area contributed by atoms with Gasteiger partial charge in [0.05, 0.1) is 11.0 Å². The summed E-state index contributed by atoms with van der Waals surface area (Å²) in [6, 6.07) is 1.47. The highest BCUT2D eigenvalue weighted by atomic mass is 79.9. The average molecular weight is 377 g/mol. The number of imide groups is 1. The summed E-state index contributed by atoms with van der Waals surface area (Å²) in [6.45, 7) is 2.04. The lowest BCUT2D eigenvalue weighted by Crippen LogP contribution is -2.58. The number of anilines is 1. The normalized spacial score (nSPS) is 19.9. The summed E-state index contributed by atoms with van der Waals surface area (Å²) in [6.07, 6.45) is 2.26. The Morgan fingerprint density at radius 3 is 2.83 bits per heavy atom. The van der Waals surface area contributed by atoms with Gasteiger partial charge in [-0.3, -0.25) is 14.9 Å². The van der Waals surface area contributed by atoms with Crippen molar-refractivity contribution in [2.45, 2.75) is 19.4 Å². The van der Waals surface area contributed by atoms with Gasteiger partial charge in [-0.05, 0) is 44.3 Å². The van der Waals surface area contributed by atoms with Crippen LogP contribution in [-0.2, 0) is 9.59 Å². The van der Waals surface area contributed by atoms with Crippen LogP contribution in [0.4, 0.5) is 5.82 Å². The molecular formula is C11H11Br2N3O2. The Labute approximate surface area is 121 Å². The first-order valence-electron chi connectivity index (χ1n) is 5.44. The first-order valence-corrected chi connectivity index (χ1v) is 7.03. The zero-order chi connectivity index (χ0) is 13.3. The molecule has 0 aliphatic carbocycles. The molecule has 5 nitrogen and oxygen atoms in total. The van der Waals surface area contributed by atoms with Gasteiger partial charge in [-0.2, -0.15) is 0 Å². The topological polar surface area (TPSA) is 62.3 Å². The first-order chi connectivity index (χ1) is 8.52. The largest absolute Gasteiger partial charge is 0.334 e. The maximum atomic E-state index is 11.8. The summed E-state index contributed by atoms with van der Waals surface area (Å²) in [4.78, 5) is 29.2. The molecule has 1 aliphatic rings. The van der Waals surface area contributed by atoms with Crippen LogP contribution >= 0.6 is 31.9 Å². The van der Waals surface area contributed by atoms with Gasteiger partial charge < -0.3 is 4.90 Å². The lowest BCUT2D eigenvalue weighted by Gasteiger charge is -2.34. The van der Waals surface area contributed by atoms with Crippen LogP contribution in [0, 0.1) is 0 Å². The van der Waals surface area contributed by atoms with Gasteiger partial charge in [0.1, 0.15) is 11.9 Å². The van der Waals surface area contributed by atoms with Gasteiger partial charge in [0.2, 0.25) is 11.8 Å². The van der Waals surface area contributed by atoms with Crippen molar-refractivity contribution in [1.29, 1.82) is 0 Å². The Hall–Kier alpha value is -0.950. The quantitative estimate of drug-likeness (QED) is 0.800. The number of nitrogens with one attached hydrogen (secondary N) is 1. The monoisotopic (exact) mass is 375 g/mol. The van der Waals surface area contributed by atoms with Crippen molar-refractivity contribution in [1.82, 2.24) is 10.3 Å². The number of rotatable bonds is 2. The van der Waals surface area contributed by atoms with Crippen molar-refractivity contribution in [3.63, 3.8) is 0 Å². The Bertz CT molecular complexity index is 507. The average Bonchev–Trinajstić information content (AvgIpc) is 2.28. The summed E-state index contributed by atoms with van der Waals surface area (Å²) in [5.41, 5.74) is 0. The van der Waals surface area contributed by atoms with Gasteiger partial charge in [0, 0.05) is 10.7 Å². The molecule has 1 saturated heterocycles. The van der Waals surface area contributed by atoms with E-state index in [-0.39, 0.29) is 24.4 Å². The number of halogens is 2. The van der Waals surface area contributed by atoms with Crippen LogP contribution in [-0.4, -0.2) is 29.4 Å². The molecule has 0 saturated carbocycles. The van der Waals surface area contributed by atoms with Crippen LogP contribution in [0.2, 0.25) is 0 Å². The molecule has 1 fully saturated rings. The number of amides is 2. The van der Waals surface area contributed by atoms with Crippen molar-refractivity contribution in [2.75, 3.05) is 11.4 Å². The first kappa shape index (κ1) is 13.5. The minimum Gasteiger partial charge on any atom is -0.334 e. The molecule has 7 heteroatoms. The highest BCUT2D eigenvalue weighted by Gasteiger charge is 2.34. The molecule has 1 aromatic rings. The number of nitrogens with zero attached hydrogens (tertiary/aromatic N) is 2. The summed E-state index contributed by atoms with van der Waals surface area (Å²) in [5.74, 6) is 0.0277. The number of carbonyl (C=O) groups excluding carboxylic acids is 2. The third kappa shape index (κ3) is 2.56. The molecule has 96 valence electrons. The highest BCUT2D eigenvalue weighted by Crippen LogP contribution is 2.29. The van der Waals surface area contributed by atoms with Crippen LogP contribution in [0.5, 0.6) is 0 Å². The molecule has 1 aromatic heterocycles. The zero-order valence-electron chi connectivity index (χ0n) is 9.61. The van der Waals surface area contributed by atoms with Crippen LogP contribution in [0.25, 0.3) is 0 Å². The van der Waals surface area contributed by atoms with E-state index in [4.69, 9.17) is 0 Å². The lowest BCUT2D eigenvalue weighted by atomic mass is 10.1. The van der Waals surface area contributed by atoms with Crippen molar-refractivity contribution in [3.8, 4) is 0 Å². The van der Waals surface area contributed by atoms with E-state index in [0.717, 1.165) is 8.95 Å².